The topological polar surface area (TPSA) is 55.8 Å². The highest BCUT2D eigenvalue weighted by molar-refractivity contribution is 7.71. The Morgan fingerprint density at radius 1 is 1.50 bits per heavy atom. The molecule has 9 heteroatoms. The van der Waals surface area contributed by atoms with Gasteiger partial charge in [0.1, 0.15) is 0 Å². The van der Waals surface area contributed by atoms with Crippen LogP contribution in [0.25, 0.3) is 5.65 Å². The molecule has 6 nitrogen and oxygen atoms in total. The van der Waals surface area contributed by atoms with Gasteiger partial charge in [0.2, 0.25) is 4.77 Å². The molecular weight excluding hydrogens is 345 g/mol. The van der Waals surface area contributed by atoms with Gasteiger partial charge in [-0.1, -0.05) is 23.2 Å². The predicted octanol–water partition coefficient (Wildman–Crippen LogP) is 1.17. The molecule has 0 saturated carbocycles. The molecule has 0 saturated heterocycles. The molecule has 0 bridgehead atoms. The third-order valence-electron chi connectivity index (χ3n) is 2.93. The van der Waals surface area contributed by atoms with Crippen molar-refractivity contribution < 1.29 is 9.69 Å². The van der Waals surface area contributed by atoms with Crippen molar-refractivity contribution in [2.24, 2.45) is 0 Å². The minimum Gasteiger partial charge on any atom is -0.349 e. The highest BCUT2D eigenvalue weighted by atomic mass is 35.5. The van der Waals surface area contributed by atoms with Crippen molar-refractivity contribution in [1.82, 2.24) is 19.5 Å². The van der Waals surface area contributed by atoms with Crippen molar-refractivity contribution >= 4 is 47.0 Å². The summed E-state index contributed by atoms with van der Waals surface area (Å²) in [6, 6.07) is 1.75. The van der Waals surface area contributed by atoms with Gasteiger partial charge in [0.05, 0.1) is 17.1 Å². The first kappa shape index (κ1) is 17.2. The van der Waals surface area contributed by atoms with Crippen LogP contribution in [0.4, 0.5) is 0 Å². The Bertz CT molecular complexity index is 755. The van der Waals surface area contributed by atoms with E-state index in [9.17, 15) is 4.79 Å². The number of amides is 1. The summed E-state index contributed by atoms with van der Waals surface area (Å²) >= 11 is 17.5. The Labute approximate surface area is 143 Å². The van der Waals surface area contributed by atoms with Crippen LogP contribution in [0.15, 0.2) is 12.3 Å². The largest absolute Gasteiger partial charge is 0.349 e. The fraction of sp³-hybridized carbons (Fsp3) is 0.462. The highest BCUT2D eigenvalue weighted by Crippen LogP contribution is 2.20. The van der Waals surface area contributed by atoms with E-state index in [1.54, 1.807) is 21.3 Å². The van der Waals surface area contributed by atoms with Gasteiger partial charge in [-0.2, -0.15) is 4.68 Å². The van der Waals surface area contributed by atoms with E-state index in [2.05, 4.69) is 10.4 Å². The van der Waals surface area contributed by atoms with Crippen LogP contribution in [0, 0.1) is 4.77 Å². The summed E-state index contributed by atoms with van der Waals surface area (Å²) in [6.07, 6.45) is 1.68. The number of likely N-dealkylation sites (N-methyl/N-ethyl adjacent to an activating group) is 1. The molecule has 0 fully saturated rings. The van der Waals surface area contributed by atoms with Crippen LogP contribution in [0.2, 0.25) is 10.0 Å². The minimum absolute atomic E-state index is 0.0103. The quantitative estimate of drug-likeness (QED) is 0.785. The molecule has 0 aromatic carbocycles. The highest BCUT2D eigenvalue weighted by Gasteiger charge is 2.14. The smallest absolute Gasteiger partial charge is 0.275 e. The van der Waals surface area contributed by atoms with Crippen LogP contribution in [0.3, 0.4) is 0 Å². The normalized spacial score (nSPS) is 12.8. The number of fused-ring (bicyclic) bond motifs is 1. The van der Waals surface area contributed by atoms with E-state index in [-0.39, 0.29) is 11.9 Å². The lowest BCUT2D eigenvalue weighted by Gasteiger charge is -2.14. The molecule has 1 amide bonds. The Morgan fingerprint density at radius 2 is 2.18 bits per heavy atom. The maximum absolute atomic E-state index is 11.8. The molecule has 0 aliphatic rings. The zero-order valence-corrected chi connectivity index (χ0v) is 14.9. The van der Waals surface area contributed by atoms with Crippen molar-refractivity contribution in [2.75, 3.05) is 13.6 Å². The number of halogens is 2. The molecule has 2 aromatic heterocycles. The monoisotopic (exact) mass is 362 g/mol. The van der Waals surface area contributed by atoms with Crippen molar-refractivity contribution in [2.45, 2.75) is 26.6 Å². The first-order valence-electron chi connectivity index (χ1n) is 6.83. The number of quaternary nitrogens is 1. The Kier molecular flexibility index (Phi) is 5.44. The number of carbonyl (C=O) groups excluding carboxylic acids is 1. The molecule has 0 radical (unpaired) electrons. The molecular formula is C13H18Cl2N5OS+. The average Bonchev–Trinajstić information content (AvgIpc) is 2.66. The molecule has 2 aromatic rings. The summed E-state index contributed by atoms with van der Waals surface area (Å²) in [6.45, 7) is 4.65. The van der Waals surface area contributed by atoms with Crippen LogP contribution < -0.4 is 10.2 Å². The summed E-state index contributed by atoms with van der Waals surface area (Å²) < 4.78 is 3.80. The second-order valence-electron chi connectivity index (χ2n) is 5.50. The Balaban J connectivity index is 2.18. The number of hydrogen-bond donors (Lipinski definition) is 2. The second-order valence-corrected chi connectivity index (χ2v) is 6.70. The lowest BCUT2D eigenvalue weighted by atomic mass is 10.4. The van der Waals surface area contributed by atoms with Crippen LogP contribution in [-0.4, -0.2) is 39.7 Å². The van der Waals surface area contributed by atoms with E-state index < -0.39 is 0 Å². The SMILES string of the molecule is CC(C)NC(=O)C[NH+](C)Cn1nc2c(Cl)cc(Cl)cn2c1=S. The lowest BCUT2D eigenvalue weighted by Crippen LogP contribution is -3.09. The molecule has 0 aliphatic heterocycles. The van der Waals surface area contributed by atoms with Gasteiger partial charge in [0.25, 0.3) is 5.91 Å². The molecule has 2 rings (SSSR count). The summed E-state index contributed by atoms with van der Waals surface area (Å²) in [5, 5.41) is 8.18. The number of carbonyl (C=O) groups is 1. The third kappa shape index (κ3) is 3.98. The van der Waals surface area contributed by atoms with Crippen LogP contribution in [0.1, 0.15) is 13.8 Å². The summed E-state index contributed by atoms with van der Waals surface area (Å²) in [5.74, 6) is -0.0103. The van der Waals surface area contributed by atoms with E-state index in [0.717, 1.165) is 4.90 Å². The van der Waals surface area contributed by atoms with E-state index in [1.165, 1.54) is 0 Å². The van der Waals surface area contributed by atoms with Gasteiger partial charge in [0, 0.05) is 12.2 Å². The molecule has 2 N–H and O–H groups in total. The third-order valence-corrected chi connectivity index (χ3v) is 3.83. The van der Waals surface area contributed by atoms with E-state index in [0.29, 0.717) is 33.7 Å². The van der Waals surface area contributed by atoms with Gasteiger partial charge in [-0.05, 0) is 32.1 Å². The van der Waals surface area contributed by atoms with E-state index in [1.807, 2.05) is 20.9 Å². The van der Waals surface area contributed by atoms with Crippen molar-refractivity contribution in [3.63, 3.8) is 0 Å². The van der Waals surface area contributed by atoms with Gasteiger partial charge in [-0.3, -0.25) is 9.20 Å². The molecule has 0 spiro atoms. The standard InChI is InChI=1S/C13H17Cl2N5OS/c1-8(2)16-11(21)6-18(3)7-20-13(22)19-5-9(14)4-10(15)12(19)17-20/h4-5,8H,6-7H2,1-3H3,(H,16,21)/p+1. The summed E-state index contributed by atoms with van der Waals surface area (Å²) in [4.78, 5) is 12.7. The second kappa shape index (κ2) is 6.95. The number of aromatic nitrogens is 3. The fourth-order valence-electron chi connectivity index (χ4n) is 2.11. The summed E-state index contributed by atoms with van der Waals surface area (Å²) in [7, 11) is 1.90. The fourth-order valence-corrected chi connectivity index (χ4v) is 2.86. The van der Waals surface area contributed by atoms with Crippen LogP contribution >= 0.6 is 35.4 Å². The molecule has 120 valence electrons. The van der Waals surface area contributed by atoms with Gasteiger partial charge in [0.15, 0.2) is 18.9 Å². The number of pyridine rings is 1. The molecule has 0 aliphatic carbocycles. The maximum Gasteiger partial charge on any atom is 0.275 e. The number of hydrogen-bond acceptors (Lipinski definition) is 3. The van der Waals surface area contributed by atoms with E-state index >= 15 is 0 Å². The Morgan fingerprint density at radius 3 is 2.82 bits per heavy atom. The van der Waals surface area contributed by atoms with Gasteiger partial charge in [-0.15, -0.1) is 5.10 Å². The first-order chi connectivity index (χ1) is 10.3. The van der Waals surface area contributed by atoms with Crippen molar-refractivity contribution in [1.29, 1.82) is 0 Å². The van der Waals surface area contributed by atoms with E-state index in [4.69, 9.17) is 35.4 Å². The molecule has 2 heterocycles. The van der Waals surface area contributed by atoms with Gasteiger partial charge < -0.3 is 10.2 Å². The zero-order chi connectivity index (χ0) is 16.4. The summed E-state index contributed by atoms with van der Waals surface area (Å²) in [5.41, 5.74) is 0.551. The minimum atomic E-state index is -0.0103. The number of nitrogens with zero attached hydrogens (tertiary/aromatic N) is 3. The van der Waals surface area contributed by atoms with Crippen LogP contribution in [0.5, 0.6) is 0 Å². The molecule has 1 unspecified atom stereocenters. The molecule has 1 atom stereocenters. The maximum atomic E-state index is 11.8. The number of rotatable bonds is 5. The predicted molar refractivity (Wildman–Crippen MR) is 89.1 cm³/mol. The lowest BCUT2D eigenvalue weighted by molar-refractivity contribution is -0.895. The first-order valence-corrected chi connectivity index (χ1v) is 7.99. The number of nitrogens with one attached hydrogen (secondary N) is 2. The van der Waals surface area contributed by atoms with Gasteiger partial charge in [-0.25, -0.2) is 0 Å². The van der Waals surface area contributed by atoms with Crippen molar-refractivity contribution in [3.05, 3.63) is 27.1 Å². The van der Waals surface area contributed by atoms with Crippen LogP contribution in [-0.2, 0) is 11.5 Å². The molecule has 22 heavy (non-hydrogen) atoms. The average molecular weight is 363 g/mol. The zero-order valence-electron chi connectivity index (χ0n) is 12.6. The van der Waals surface area contributed by atoms with Crippen molar-refractivity contribution in [3.8, 4) is 0 Å². The Hall–Kier alpha value is -1.15. The van der Waals surface area contributed by atoms with Gasteiger partial charge >= 0.3 is 0 Å².